The van der Waals surface area contributed by atoms with Crippen molar-refractivity contribution in [3.8, 4) is 11.8 Å². The van der Waals surface area contributed by atoms with Crippen LogP contribution in [0.5, 0.6) is 0 Å². The number of carbonyl (C=O) groups is 1. The van der Waals surface area contributed by atoms with Gasteiger partial charge in [0.05, 0.1) is 18.4 Å². The lowest BCUT2D eigenvalue weighted by Gasteiger charge is -2.23. The molecule has 27 heavy (non-hydrogen) atoms. The molecule has 1 N–H and O–H groups in total. The molecule has 4 rings (SSSR count). The van der Waals surface area contributed by atoms with E-state index in [1.165, 1.54) is 11.8 Å². The molecule has 3 heterocycles. The van der Waals surface area contributed by atoms with Gasteiger partial charge >= 0.3 is 0 Å². The van der Waals surface area contributed by atoms with Crippen molar-refractivity contribution in [1.29, 1.82) is 5.26 Å². The van der Waals surface area contributed by atoms with E-state index in [2.05, 4.69) is 38.2 Å². The maximum absolute atomic E-state index is 12.7. The second kappa shape index (κ2) is 7.74. The number of aromatic nitrogens is 2. The highest BCUT2D eigenvalue weighted by molar-refractivity contribution is 7.07. The molecular weight excluding hydrogens is 358 g/mol. The predicted octanol–water partition coefficient (Wildman–Crippen LogP) is 3.58. The highest BCUT2D eigenvalue weighted by Crippen LogP contribution is 2.32. The molecule has 3 aromatic rings. The Balaban J connectivity index is 1.52. The fourth-order valence-corrected chi connectivity index (χ4v) is 4.24. The lowest BCUT2D eigenvalue weighted by atomic mass is 10.1. The number of para-hydroxylation sites is 1. The van der Waals surface area contributed by atoms with E-state index in [0.29, 0.717) is 17.9 Å². The largest absolute Gasteiger partial charge is 0.308 e. The molecule has 1 fully saturated rings. The van der Waals surface area contributed by atoms with Crippen molar-refractivity contribution in [3.05, 3.63) is 64.5 Å². The molecular formula is C20H19N5OS. The van der Waals surface area contributed by atoms with E-state index in [0.717, 1.165) is 25.1 Å². The summed E-state index contributed by atoms with van der Waals surface area (Å²) >= 11 is 1.68. The highest BCUT2D eigenvalue weighted by atomic mass is 32.1. The molecule has 1 aliphatic rings. The smallest absolute Gasteiger partial charge is 0.239 e. The molecule has 136 valence electrons. The molecule has 7 heteroatoms. The highest BCUT2D eigenvalue weighted by Gasteiger charge is 2.28. The second-order valence-corrected chi connectivity index (χ2v) is 7.28. The quantitative estimate of drug-likeness (QED) is 0.737. The third-order valence-corrected chi connectivity index (χ3v) is 5.49. The number of likely N-dealkylation sites (tertiary alicyclic amines) is 1. The molecule has 1 saturated heterocycles. The van der Waals surface area contributed by atoms with Crippen molar-refractivity contribution in [2.75, 3.05) is 18.4 Å². The summed E-state index contributed by atoms with van der Waals surface area (Å²) in [4.78, 5) is 14.9. The van der Waals surface area contributed by atoms with Gasteiger partial charge in [-0.2, -0.15) is 21.7 Å². The molecule has 1 aliphatic heterocycles. The zero-order chi connectivity index (χ0) is 18.6. The number of benzene rings is 1. The van der Waals surface area contributed by atoms with Gasteiger partial charge in [0.2, 0.25) is 5.91 Å². The van der Waals surface area contributed by atoms with Crippen LogP contribution in [0.4, 0.5) is 5.82 Å². The zero-order valence-electron chi connectivity index (χ0n) is 14.7. The minimum Gasteiger partial charge on any atom is -0.308 e. The fourth-order valence-electron chi connectivity index (χ4n) is 3.53. The van der Waals surface area contributed by atoms with Crippen LogP contribution < -0.4 is 5.32 Å². The summed E-state index contributed by atoms with van der Waals surface area (Å²) < 4.78 is 1.59. The molecule has 0 radical (unpaired) electrons. The number of thiophene rings is 1. The number of carbonyl (C=O) groups excluding carboxylic acids is 1. The Bertz CT molecular complexity index is 958. The maximum atomic E-state index is 12.7. The van der Waals surface area contributed by atoms with Gasteiger partial charge in [-0.15, -0.1) is 0 Å². The summed E-state index contributed by atoms with van der Waals surface area (Å²) in [6.07, 6.45) is 3.63. The minimum atomic E-state index is -0.133. The molecule has 1 aromatic carbocycles. The first kappa shape index (κ1) is 17.5. The molecule has 0 aliphatic carbocycles. The number of nitriles is 1. The van der Waals surface area contributed by atoms with E-state index in [4.69, 9.17) is 0 Å². The van der Waals surface area contributed by atoms with Gasteiger partial charge in [0.25, 0.3) is 0 Å². The Labute approximate surface area is 161 Å². The molecule has 0 saturated carbocycles. The molecule has 6 nitrogen and oxygen atoms in total. The summed E-state index contributed by atoms with van der Waals surface area (Å²) in [6.45, 7) is 1.20. The van der Waals surface area contributed by atoms with Crippen LogP contribution in [0.15, 0.2) is 53.4 Å². The minimum absolute atomic E-state index is 0.133. The van der Waals surface area contributed by atoms with Gasteiger partial charge in [0.1, 0.15) is 11.6 Å². The maximum Gasteiger partial charge on any atom is 0.239 e. The van der Waals surface area contributed by atoms with Crippen molar-refractivity contribution in [2.45, 2.75) is 18.9 Å². The van der Waals surface area contributed by atoms with Crippen molar-refractivity contribution < 1.29 is 4.79 Å². The average molecular weight is 377 g/mol. The average Bonchev–Trinajstić information content (AvgIpc) is 3.43. The lowest BCUT2D eigenvalue weighted by Crippen LogP contribution is -2.33. The predicted molar refractivity (Wildman–Crippen MR) is 105 cm³/mol. The standard InChI is InChI=1S/C20H19N5OS/c21-11-16-12-22-25(17-5-2-1-3-6-17)20(16)23-19(26)13-24-9-4-7-18(24)15-8-10-27-14-15/h1-3,5-6,8,10,12,14,18H,4,7,9,13H2,(H,23,26). The number of nitrogens with one attached hydrogen (secondary N) is 1. The topological polar surface area (TPSA) is 74.0 Å². The van der Waals surface area contributed by atoms with Crippen LogP contribution in [0.25, 0.3) is 5.69 Å². The number of hydrogen-bond donors (Lipinski definition) is 1. The normalized spacial score (nSPS) is 16.9. The van der Waals surface area contributed by atoms with Gasteiger partial charge in [0.15, 0.2) is 5.82 Å². The van der Waals surface area contributed by atoms with Gasteiger partial charge in [-0.3, -0.25) is 9.69 Å². The molecule has 1 amide bonds. The van der Waals surface area contributed by atoms with Crippen molar-refractivity contribution in [3.63, 3.8) is 0 Å². The zero-order valence-corrected chi connectivity index (χ0v) is 15.5. The summed E-state index contributed by atoms with van der Waals surface area (Å²) in [5, 5.41) is 20.8. The van der Waals surface area contributed by atoms with E-state index in [1.807, 2.05) is 30.3 Å². The summed E-state index contributed by atoms with van der Waals surface area (Å²) in [5.74, 6) is 0.284. The van der Waals surface area contributed by atoms with Crippen LogP contribution in [-0.4, -0.2) is 33.7 Å². The molecule has 0 bridgehead atoms. The Hall–Kier alpha value is -2.95. The third kappa shape index (κ3) is 3.63. The number of rotatable bonds is 5. The number of nitrogens with zero attached hydrogens (tertiary/aromatic N) is 4. The Morgan fingerprint density at radius 1 is 1.33 bits per heavy atom. The molecule has 1 unspecified atom stereocenters. The van der Waals surface area contributed by atoms with Gasteiger partial charge in [-0.25, -0.2) is 4.68 Å². The fraction of sp³-hybridized carbons (Fsp3) is 0.250. The van der Waals surface area contributed by atoms with E-state index >= 15 is 0 Å². The van der Waals surface area contributed by atoms with Crippen LogP contribution in [-0.2, 0) is 4.79 Å². The van der Waals surface area contributed by atoms with Gasteiger partial charge in [-0.1, -0.05) is 18.2 Å². The first-order chi connectivity index (χ1) is 13.3. The Morgan fingerprint density at radius 3 is 2.93 bits per heavy atom. The van der Waals surface area contributed by atoms with Crippen LogP contribution >= 0.6 is 11.3 Å². The molecule has 0 spiro atoms. The number of amides is 1. The van der Waals surface area contributed by atoms with Crippen molar-refractivity contribution >= 4 is 23.1 Å². The Morgan fingerprint density at radius 2 is 2.19 bits per heavy atom. The lowest BCUT2D eigenvalue weighted by molar-refractivity contribution is -0.117. The summed E-state index contributed by atoms with van der Waals surface area (Å²) in [7, 11) is 0. The first-order valence-electron chi connectivity index (χ1n) is 8.86. The van der Waals surface area contributed by atoms with E-state index in [9.17, 15) is 10.1 Å². The monoisotopic (exact) mass is 377 g/mol. The van der Waals surface area contributed by atoms with Crippen LogP contribution in [0.2, 0.25) is 0 Å². The van der Waals surface area contributed by atoms with E-state index in [1.54, 1.807) is 16.0 Å². The number of hydrogen-bond acceptors (Lipinski definition) is 5. The number of anilines is 1. The summed E-state index contributed by atoms with van der Waals surface area (Å²) in [5.41, 5.74) is 2.42. The summed E-state index contributed by atoms with van der Waals surface area (Å²) in [6, 6.07) is 14.0. The van der Waals surface area contributed by atoms with Crippen molar-refractivity contribution in [1.82, 2.24) is 14.7 Å². The van der Waals surface area contributed by atoms with Crippen LogP contribution in [0.3, 0.4) is 0 Å². The molecule has 2 aromatic heterocycles. The Kier molecular flexibility index (Phi) is 5.01. The van der Waals surface area contributed by atoms with Crippen LogP contribution in [0, 0.1) is 11.3 Å². The van der Waals surface area contributed by atoms with Gasteiger partial charge < -0.3 is 5.32 Å². The first-order valence-corrected chi connectivity index (χ1v) is 9.80. The second-order valence-electron chi connectivity index (χ2n) is 6.50. The third-order valence-electron chi connectivity index (χ3n) is 4.79. The molecule has 1 atom stereocenters. The van der Waals surface area contributed by atoms with E-state index < -0.39 is 0 Å². The van der Waals surface area contributed by atoms with Gasteiger partial charge in [0, 0.05) is 6.04 Å². The van der Waals surface area contributed by atoms with Gasteiger partial charge in [-0.05, 0) is 53.9 Å². The SMILES string of the molecule is N#Cc1cnn(-c2ccccc2)c1NC(=O)CN1CCCC1c1ccsc1. The van der Waals surface area contributed by atoms with Crippen LogP contribution in [0.1, 0.15) is 30.0 Å². The van der Waals surface area contributed by atoms with E-state index in [-0.39, 0.29) is 11.9 Å². The van der Waals surface area contributed by atoms with Crippen molar-refractivity contribution in [2.24, 2.45) is 0 Å².